The molecule has 1 nitrogen and oxygen atoms in total. The Labute approximate surface area is 65.2 Å². The van der Waals surface area contributed by atoms with Gasteiger partial charge in [0.1, 0.15) is 0 Å². The van der Waals surface area contributed by atoms with Crippen molar-refractivity contribution in [2.75, 3.05) is 6.54 Å². The molecule has 0 aliphatic carbocycles. The topological polar surface area (TPSA) is 26.0 Å². The molecule has 2 N–H and O–H groups in total. The zero-order valence-corrected chi connectivity index (χ0v) is 6.87. The molecule has 0 amide bonds. The van der Waals surface area contributed by atoms with E-state index in [-0.39, 0.29) is 0 Å². The van der Waals surface area contributed by atoms with Gasteiger partial charge >= 0.3 is 0 Å². The van der Waals surface area contributed by atoms with Crippen LogP contribution in [0.15, 0.2) is 18.0 Å². The predicted molar refractivity (Wildman–Crippen MR) is 47.1 cm³/mol. The van der Waals surface area contributed by atoms with E-state index in [1.807, 2.05) is 0 Å². The maximum absolute atomic E-state index is 5.44. The van der Waals surface area contributed by atoms with Gasteiger partial charge in [-0.1, -0.05) is 6.58 Å². The van der Waals surface area contributed by atoms with Gasteiger partial charge in [0.2, 0.25) is 0 Å². The van der Waals surface area contributed by atoms with E-state index >= 15 is 0 Å². The molecule has 1 aromatic rings. The van der Waals surface area contributed by atoms with E-state index in [1.165, 1.54) is 10.4 Å². The molecular formula is C8H11NS. The summed E-state index contributed by atoms with van der Waals surface area (Å²) < 4.78 is 0. The molecule has 0 aliphatic rings. The van der Waals surface area contributed by atoms with Crippen LogP contribution in [0.3, 0.4) is 0 Å². The van der Waals surface area contributed by atoms with Crippen molar-refractivity contribution in [1.29, 1.82) is 0 Å². The van der Waals surface area contributed by atoms with Crippen molar-refractivity contribution in [3.05, 3.63) is 28.5 Å². The minimum absolute atomic E-state index is 0.557. The minimum Gasteiger partial charge on any atom is -0.326 e. The van der Waals surface area contributed by atoms with Crippen LogP contribution in [-0.4, -0.2) is 6.54 Å². The fraction of sp³-hybridized carbons (Fsp3) is 0.250. The smallest absolute Gasteiger partial charge is 0.0338 e. The van der Waals surface area contributed by atoms with Gasteiger partial charge in [0, 0.05) is 11.4 Å². The average Bonchev–Trinajstić information content (AvgIpc) is 2.34. The highest BCUT2D eigenvalue weighted by Gasteiger charge is 2.00. The third kappa shape index (κ3) is 1.28. The van der Waals surface area contributed by atoms with E-state index in [9.17, 15) is 0 Å². The van der Waals surface area contributed by atoms with Crippen LogP contribution in [0.4, 0.5) is 0 Å². The monoisotopic (exact) mass is 153 g/mol. The van der Waals surface area contributed by atoms with Crippen molar-refractivity contribution in [2.24, 2.45) is 5.73 Å². The van der Waals surface area contributed by atoms with Crippen molar-refractivity contribution in [2.45, 2.75) is 6.92 Å². The maximum Gasteiger partial charge on any atom is 0.0338 e. The molecule has 0 fully saturated rings. The molecule has 0 aliphatic heterocycles. The summed E-state index contributed by atoms with van der Waals surface area (Å²) in [5, 5.41) is 2.06. The van der Waals surface area contributed by atoms with Gasteiger partial charge in [-0.15, -0.1) is 11.3 Å². The van der Waals surface area contributed by atoms with Gasteiger partial charge in [-0.3, -0.25) is 0 Å². The van der Waals surface area contributed by atoms with Gasteiger partial charge in [0.25, 0.3) is 0 Å². The number of aryl methyl sites for hydroxylation is 1. The van der Waals surface area contributed by atoms with Crippen LogP contribution in [0.5, 0.6) is 0 Å². The van der Waals surface area contributed by atoms with Gasteiger partial charge in [0.05, 0.1) is 0 Å². The SMILES string of the molecule is C=C(CN)c1sccc1C. The molecular weight excluding hydrogens is 142 g/mol. The Kier molecular flexibility index (Phi) is 2.25. The van der Waals surface area contributed by atoms with E-state index in [0.29, 0.717) is 6.54 Å². The number of hydrogen-bond acceptors (Lipinski definition) is 2. The van der Waals surface area contributed by atoms with Crippen LogP contribution in [-0.2, 0) is 0 Å². The lowest BCUT2D eigenvalue weighted by Crippen LogP contribution is -1.99. The number of hydrogen-bond donors (Lipinski definition) is 1. The quantitative estimate of drug-likeness (QED) is 0.691. The summed E-state index contributed by atoms with van der Waals surface area (Å²) in [4.78, 5) is 1.24. The first-order valence-corrected chi connectivity index (χ1v) is 4.06. The second kappa shape index (κ2) is 2.99. The second-order valence-corrected chi connectivity index (χ2v) is 3.16. The molecule has 1 aromatic heterocycles. The van der Waals surface area contributed by atoms with Crippen LogP contribution in [0.2, 0.25) is 0 Å². The van der Waals surface area contributed by atoms with Crippen LogP contribution >= 0.6 is 11.3 Å². The van der Waals surface area contributed by atoms with Crippen molar-refractivity contribution in [1.82, 2.24) is 0 Å². The zero-order chi connectivity index (χ0) is 7.56. The van der Waals surface area contributed by atoms with Gasteiger partial charge in [-0.05, 0) is 29.5 Å². The van der Waals surface area contributed by atoms with Gasteiger partial charge < -0.3 is 5.73 Å². The molecule has 0 radical (unpaired) electrons. The van der Waals surface area contributed by atoms with Crippen LogP contribution < -0.4 is 5.73 Å². The fourth-order valence-electron chi connectivity index (χ4n) is 0.828. The molecule has 0 atom stereocenters. The Morgan fingerprint density at radius 3 is 2.90 bits per heavy atom. The van der Waals surface area contributed by atoms with Crippen molar-refractivity contribution < 1.29 is 0 Å². The van der Waals surface area contributed by atoms with Gasteiger partial charge in [-0.25, -0.2) is 0 Å². The highest BCUT2D eigenvalue weighted by molar-refractivity contribution is 7.11. The lowest BCUT2D eigenvalue weighted by atomic mass is 10.2. The summed E-state index contributed by atoms with van der Waals surface area (Å²) in [7, 11) is 0. The Hall–Kier alpha value is -0.600. The average molecular weight is 153 g/mol. The molecule has 0 unspecified atom stereocenters. The summed E-state index contributed by atoms with van der Waals surface area (Å²) in [5.74, 6) is 0. The molecule has 2 heteroatoms. The first-order chi connectivity index (χ1) is 4.75. The molecule has 0 spiro atoms. The minimum atomic E-state index is 0.557. The Balaban J connectivity index is 2.93. The van der Waals surface area contributed by atoms with E-state index in [0.717, 1.165) is 5.57 Å². The number of nitrogens with two attached hydrogens (primary N) is 1. The Bertz CT molecular complexity index is 237. The lowest BCUT2D eigenvalue weighted by Gasteiger charge is -1.98. The largest absolute Gasteiger partial charge is 0.326 e. The normalized spacial score (nSPS) is 9.80. The fourth-order valence-corrected chi connectivity index (χ4v) is 1.74. The second-order valence-electron chi connectivity index (χ2n) is 2.24. The number of rotatable bonds is 2. The van der Waals surface area contributed by atoms with Crippen LogP contribution in [0.25, 0.3) is 5.57 Å². The molecule has 1 heterocycles. The molecule has 0 aromatic carbocycles. The standard InChI is InChI=1S/C8H11NS/c1-6-3-4-10-8(6)7(2)5-9/h3-4H,2,5,9H2,1H3. The molecule has 0 saturated heterocycles. The number of thiophene rings is 1. The molecule has 0 saturated carbocycles. The van der Waals surface area contributed by atoms with Gasteiger partial charge in [-0.2, -0.15) is 0 Å². The van der Waals surface area contributed by atoms with Crippen molar-refractivity contribution in [3.8, 4) is 0 Å². The summed E-state index contributed by atoms with van der Waals surface area (Å²) in [6, 6.07) is 2.08. The van der Waals surface area contributed by atoms with Crippen molar-refractivity contribution in [3.63, 3.8) is 0 Å². The lowest BCUT2D eigenvalue weighted by molar-refractivity contribution is 1.27. The van der Waals surface area contributed by atoms with E-state index in [4.69, 9.17) is 5.73 Å². The highest BCUT2D eigenvalue weighted by Crippen LogP contribution is 2.22. The zero-order valence-electron chi connectivity index (χ0n) is 6.05. The summed E-state index contributed by atoms with van der Waals surface area (Å²) in [5.41, 5.74) is 7.75. The predicted octanol–water partition coefficient (Wildman–Crippen LogP) is 2.03. The molecule has 10 heavy (non-hydrogen) atoms. The first-order valence-electron chi connectivity index (χ1n) is 3.18. The first kappa shape index (κ1) is 7.51. The molecule has 0 bridgehead atoms. The van der Waals surface area contributed by atoms with E-state index < -0.39 is 0 Å². The Morgan fingerprint density at radius 1 is 1.80 bits per heavy atom. The highest BCUT2D eigenvalue weighted by atomic mass is 32.1. The summed E-state index contributed by atoms with van der Waals surface area (Å²) >= 11 is 1.70. The maximum atomic E-state index is 5.44. The summed E-state index contributed by atoms with van der Waals surface area (Å²) in [6.45, 7) is 6.49. The van der Waals surface area contributed by atoms with E-state index in [1.54, 1.807) is 11.3 Å². The molecule has 1 rings (SSSR count). The summed E-state index contributed by atoms with van der Waals surface area (Å²) in [6.07, 6.45) is 0. The van der Waals surface area contributed by atoms with Gasteiger partial charge in [0.15, 0.2) is 0 Å². The third-order valence-electron chi connectivity index (χ3n) is 1.43. The Morgan fingerprint density at radius 2 is 2.50 bits per heavy atom. The van der Waals surface area contributed by atoms with E-state index in [2.05, 4.69) is 24.9 Å². The third-order valence-corrected chi connectivity index (χ3v) is 2.55. The van der Waals surface area contributed by atoms with Crippen LogP contribution in [0, 0.1) is 6.92 Å². The van der Waals surface area contributed by atoms with Crippen LogP contribution in [0.1, 0.15) is 10.4 Å². The molecule has 54 valence electrons. The van der Waals surface area contributed by atoms with Crippen molar-refractivity contribution >= 4 is 16.9 Å².